The number of fused-ring (bicyclic) bond motifs is 5. The standard InChI is InChI=1S/C28H44N2O4/c1-8-29(9-2)24(32)21-11-10-19-18-16-30(26(3,4)5)23-14-22(31)17(25(33)34)15-28(23,7)20(18)12-13-27(19,21)6/h14,17-21H,8-13,15-16H2,1-7H3,(H,33,34)/t17?,18-,19-,20-,21+,27-,28+/m0/s1. The predicted octanol–water partition coefficient (Wildman–Crippen LogP) is 4.59. The van der Waals surface area contributed by atoms with E-state index < -0.39 is 11.9 Å². The zero-order valence-electron chi connectivity index (χ0n) is 22.2. The van der Waals surface area contributed by atoms with Gasteiger partial charge in [-0.25, -0.2) is 0 Å². The van der Waals surface area contributed by atoms with Crippen LogP contribution in [-0.2, 0) is 14.4 Å². The molecule has 1 amide bonds. The second-order valence-electron chi connectivity index (χ2n) is 12.8. The summed E-state index contributed by atoms with van der Waals surface area (Å²) in [5, 5.41) is 9.82. The first-order chi connectivity index (χ1) is 15.8. The number of allylic oxidation sites excluding steroid dienone is 2. The van der Waals surface area contributed by atoms with Gasteiger partial charge in [-0.1, -0.05) is 13.8 Å². The van der Waals surface area contributed by atoms with E-state index in [2.05, 4.69) is 53.4 Å². The van der Waals surface area contributed by atoms with E-state index >= 15 is 0 Å². The first-order valence-corrected chi connectivity index (χ1v) is 13.3. The maximum atomic E-state index is 13.5. The number of carboxylic acid groups (broad SMARTS) is 1. The third-order valence-corrected chi connectivity index (χ3v) is 10.3. The molecular formula is C28H44N2O4. The number of carbonyl (C=O) groups excluding carboxylic acids is 2. The number of carboxylic acids is 1. The average molecular weight is 473 g/mol. The molecule has 0 spiro atoms. The minimum atomic E-state index is -1.00. The van der Waals surface area contributed by atoms with Crippen LogP contribution in [0.2, 0.25) is 0 Å². The molecule has 6 heteroatoms. The first-order valence-electron chi connectivity index (χ1n) is 13.3. The van der Waals surface area contributed by atoms with Gasteiger partial charge in [-0.2, -0.15) is 0 Å². The second kappa shape index (κ2) is 8.37. The Balaban J connectivity index is 1.74. The molecule has 34 heavy (non-hydrogen) atoms. The highest BCUT2D eigenvalue weighted by Gasteiger charge is 2.63. The molecule has 6 nitrogen and oxygen atoms in total. The van der Waals surface area contributed by atoms with Crippen molar-refractivity contribution in [3.05, 3.63) is 11.8 Å². The van der Waals surface area contributed by atoms with E-state index in [9.17, 15) is 19.5 Å². The van der Waals surface area contributed by atoms with Crippen molar-refractivity contribution in [2.24, 2.45) is 40.4 Å². The van der Waals surface area contributed by atoms with Crippen LogP contribution >= 0.6 is 0 Å². The van der Waals surface area contributed by atoms with Gasteiger partial charge in [-0.05, 0) is 89.9 Å². The lowest BCUT2D eigenvalue weighted by Crippen LogP contribution is -2.62. The van der Waals surface area contributed by atoms with Crippen LogP contribution in [0.4, 0.5) is 0 Å². The highest BCUT2D eigenvalue weighted by Crippen LogP contribution is 2.66. The molecule has 190 valence electrons. The van der Waals surface area contributed by atoms with Crippen LogP contribution in [-0.4, -0.2) is 57.7 Å². The van der Waals surface area contributed by atoms with Crippen molar-refractivity contribution in [3.8, 4) is 0 Å². The van der Waals surface area contributed by atoms with E-state index in [4.69, 9.17) is 0 Å². The number of likely N-dealkylation sites (tertiary alicyclic amines) is 1. The van der Waals surface area contributed by atoms with Crippen molar-refractivity contribution in [3.63, 3.8) is 0 Å². The number of hydrogen-bond acceptors (Lipinski definition) is 4. The van der Waals surface area contributed by atoms with Crippen LogP contribution in [0.25, 0.3) is 0 Å². The van der Waals surface area contributed by atoms with Crippen molar-refractivity contribution in [1.82, 2.24) is 9.80 Å². The average Bonchev–Trinajstić information content (AvgIpc) is 3.10. The van der Waals surface area contributed by atoms with Gasteiger partial charge in [0, 0.05) is 48.3 Å². The minimum Gasteiger partial charge on any atom is -0.481 e. The molecule has 7 atom stereocenters. The molecule has 1 heterocycles. The van der Waals surface area contributed by atoms with Crippen molar-refractivity contribution in [1.29, 1.82) is 0 Å². The van der Waals surface area contributed by atoms with Crippen molar-refractivity contribution in [2.75, 3.05) is 19.6 Å². The summed E-state index contributed by atoms with van der Waals surface area (Å²) in [4.78, 5) is 42.7. The van der Waals surface area contributed by atoms with Crippen molar-refractivity contribution < 1.29 is 19.5 Å². The molecule has 0 bridgehead atoms. The Bertz CT molecular complexity index is 901. The van der Waals surface area contributed by atoms with E-state index in [-0.39, 0.29) is 28.1 Å². The summed E-state index contributed by atoms with van der Waals surface area (Å²) in [6, 6.07) is 0. The number of piperidine rings is 1. The summed E-state index contributed by atoms with van der Waals surface area (Å²) in [5.74, 6) is -0.645. The fraction of sp³-hybridized carbons (Fsp3) is 0.821. The molecule has 1 unspecified atom stereocenters. The number of nitrogens with zero attached hydrogens (tertiary/aromatic N) is 2. The van der Waals surface area contributed by atoms with Crippen LogP contribution in [0.1, 0.15) is 80.6 Å². The van der Waals surface area contributed by atoms with Gasteiger partial charge < -0.3 is 14.9 Å². The molecule has 3 aliphatic carbocycles. The molecule has 1 aliphatic heterocycles. The third kappa shape index (κ3) is 3.62. The predicted molar refractivity (Wildman–Crippen MR) is 132 cm³/mol. The molecule has 0 radical (unpaired) electrons. The maximum absolute atomic E-state index is 13.5. The lowest BCUT2D eigenvalue weighted by Gasteiger charge is -2.63. The quantitative estimate of drug-likeness (QED) is 0.606. The van der Waals surface area contributed by atoms with E-state index in [1.54, 1.807) is 6.08 Å². The number of rotatable bonds is 4. The molecule has 4 aliphatic rings. The Morgan fingerprint density at radius 3 is 2.32 bits per heavy atom. The fourth-order valence-electron chi connectivity index (χ4n) is 8.40. The molecular weight excluding hydrogens is 428 g/mol. The molecule has 0 aromatic carbocycles. The number of carbonyl (C=O) groups is 3. The zero-order chi connectivity index (χ0) is 25.2. The SMILES string of the molecule is CCN(CC)C(=O)[C@H]1CC[C@H]2[C@@H]3CN(C(C)(C)C)C4=CC(=O)C(C(=O)O)C[C@]4(C)[C@H]3CC[C@]12C. The Labute approximate surface area is 205 Å². The number of amides is 1. The molecule has 4 rings (SSSR count). The summed E-state index contributed by atoms with van der Waals surface area (Å²) >= 11 is 0. The second-order valence-corrected chi connectivity index (χ2v) is 12.8. The van der Waals surface area contributed by atoms with Gasteiger partial charge in [0.2, 0.25) is 5.91 Å². The van der Waals surface area contributed by atoms with Crippen LogP contribution in [0.3, 0.4) is 0 Å². The maximum Gasteiger partial charge on any atom is 0.314 e. The van der Waals surface area contributed by atoms with Crippen molar-refractivity contribution in [2.45, 2.75) is 86.1 Å². The van der Waals surface area contributed by atoms with Crippen LogP contribution < -0.4 is 0 Å². The molecule has 0 aromatic rings. The highest BCUT2D eigenvalue weighted by atomic mass is 16.4. The third-order valence-electron chi connectivity index (χ3n) is 10.3. The monoisotopic (exact) mass is 472 g/mol. The van der Waals surface area contributed by atoms with Gasteiger partial charge in [-0.3, -0.25) is 14.4 Å². The topological polar surface area (TPSA) is 77.9 Å². The summed E-state index contributed by atoms with van der Waals surface area (Å²) < 4.78 is 0. The van der Waals surface area contributed by atoms with E-state index in [1.165, 1.54) is 0 Å². The van der Waals surface area contributed by atoms with E-state index in [0.29, 0.717) is 30.1 Å². The zero-order valence-corrected chi connectivity index (χ0v) is 22.2. The number of hydrogen-bond donors (Lipinski definition) is 1. The number of aliphatic carboxylic acids is 1. The van der Waals surface area contributed by atoms with E-state index in [0.717, 1.165) is 51.0 Å². The lowest BCUT2D eigenvalue weighted by molar-refractivity contribution is -0.153. The fourth-order valence-corrected chi connectivity index (χ4v) is 8.40. The largest absolute Gasteiger partial charge is 0.481 e. The van der Waals surface area contributed by atoms with Gasteiger partial charge in [0.05, 0.1) is 0 Å². The Hall–Kier alpha value is -1.85. The lowest BCUT2D eigenvalue weighted by atomic mass is 9.48. The summed E-state index contributed by atoms with van der Waals surface area (Å²) in [6.07, 6.45) is 6.05. The highest BCUT2D eigenvalue weighted by molar-refractivity contribution is 6.05. The van der Waals surface area contributed by atoms with Crippen LogP contribution in [0.15, 0.2) is 11.8 Å². The van der Waals surface area contributed by atoms with Gasteiger partial charge in [0.1, 0.15) is 5.92 Å². The van der Waals surface area contributed by atoms with Crippen LogP contribution in [0.5, 0.6) is 0 Å². The minimum absolute atomic E-state index is 0.0152. The van der Waals surface area contributed by atoms with Gasteiger partial charge in [0.15, 0.2) is 5.78 Å². The van der Waals surface area contributed by atoms with Crippen molar-refractivity contribution >= 4 is 17.7 Å². The van der Waals surface area contributed by atoms with E-state index in [1.807, 2.05) is 4.90 Å². The van der Waals surface area contributed by atoms with Gasteiger partial charge >= 0.3 is 5.97 Å². The summed E-state index contributed by atoms with van der Waals surface area (Å²) in [7, 11) is 0. The molecule has 1 N–H and O–H groups in total. The Kier molecular flexibility index (Phi) is 6.22. The first kappa shape index (κ1) is 25.2. The van der Waals surface area contributed by atoms with Gasteiger partial charge in [-0.15, -0.1) is 0 Å². The smallest absolute Gasteiger partial charge is 0.314 e. The van der Waals surface area contributed by atoms with Gasteiger partial charge in [0.25, 0.3) is 0 Å². The Morgan fingerprint density at radius 2 is 1.76 bits per heavy atom. The normalized spacial score (nSPS) is 39.6. The van der Waals surface area contributed by atoms with Crippen LogP contribution in [0, 0.1) is 40.4 Å². The molecule has 3 fully saturated rings. The molecule has 2 saturated carbocycles. The summed E-state index contributed by atoms with van der Waals surface area (Å²) in [6.45, 7) is 17.6. The Morgan fingerprint density at radius 1 is 1.12 bits per heavy atom. The number of ketones is 1. The summed E-state index contributed by atoms with van der Waals surface area (Å²) in [5.41, 5.74) is 0.520. The molecule has 1 saturated heterocycles. The molecule has 0 aromatic heterocycles.